The Kier molecular flexibility index (Phi) is 5.71. The Morgan fingerprint density at radius 1 is 1.20 bits per heavy atom. The van der Waals surface area contributed by atoms with E-state index in [4.69, 9.17) is 12.2 Å². The number of hydrogen-bond donors (Lipinski definition) is 3. The van der Waals surface area contributed by atoms with E-state index in [0.29, 0.717) is 6.42 Å². The molecule has 0 aliphatic heterocycles. The molecule has 1 heterocycles. The van der Waals surface area contributed by atoms with Crippen LogP contribution in [0.15, 0.2) is 45.0 Å². The van der Waals surface area contributed by atoms with Gasteiger partial charge in [-0.25, -0.2) is 4.79 Å². The van der Waals surface area contributed by atoms with E-state index in [-0.39, 0.29) is 16.4 Å². The Labute approximate surface area is 149 Å². The molecular formula is C16H19N5O3S. The van der Waals surface area contributed by atoms with Crippen LogP contribution in [0, 0.1) is 0 Å². The fourth-order valence-corrected chi connectivity index (χ4v) is 2.36. The fraction of sp³-hybridized carbons (Fsp3) is 0.250. The average Bonchev–Trinajstić information content (AvgIpc) is 2.62. The third-order valence-electron chi connectivity index (χ3n) is 3.58. The van der Waals surface area contributed by atoms with E-state index in [1.807, 2.05) is 30.3 Å². The van der Waals surface area contributed by atoms with Crippen LogP contribution in [0.1, 0.15) is 18.9 Å². The maximum atomic E-state index is 12.3. The van der Waals surface area contributed by atoms with Crippen molar-refractivity contribution in [3.63, 3.8) is 0 Å². The Balaban J connectivity index is 2.31. The molecule has 2 aromatic rings. The quantitative estimate of drug-likeness (QED) is 0.425. The lowest BCUT2D eigenvalue weighted by molar-refractivity contribution is 0.410. The molecule has 132 valence electrons. The number of nitrogens with one attached hydrogen (secondary N) is 2. The van der Waals surface area contributed by atoms with Crippen LogP contribution >= 0.6 is 12.2 Å². The molecule has 0 atom stereocenters. The van der Waals surface area contributed by atoms with Crippen molar-refractivity contribution in [1.82, 2.24) is 14.6 Å². The zero-order valence-electron chi connectivity index (χ0n) is 14.1. The lowest BCUT2D eigenvalue weighted by atomic mass is 10.1. The Morgan fingerprint density at radius 2 is 1.84 bits per heavy atom. The molecule has 0 aliphatic rings. The van der Waals surface area contributed by atoms with Gasteiger partial charge in [-0.05, 0) is 30.8 Å². The fourth-order valence-electron chi connectivity index (χ4n) is 2.20. The number of thiocarbonyl (C=S) groups is 1. The Hall–Kier alpha value is -2.94. The summed E-state index contributed by atoms with van der Waals surface area (Å²) in [7, 11) is 2.72. The Morgan fingerprint density at radius 3 is 2.44 bits per heavy atom. The first-order valence-electron chi connectivity index (χ1n) is 7.54. The molecule has 0 amide bonds. The highest BCUT2D eigenvalue weighted by atomic mass is 32.1. The lowest BCUT2D eigenvalue weighted by Gasteiger charge is -2.12. The van der Waals surface area contributed by atoms with Crippen molar-refractivity contribution in [3.05, 3.63) is 56.7 Å². The highest BCUT2D eigenvalue weighted by Gasteiger charge is 2.19. The van der Waals surface area contributed by atoms with Gasteiger partial charge in [0.05, 0.1) is 5.71 Å². The molecule has 1 aromatic carbocycles. The molecule has 0 saturated carbocycles. The molecule has 0 unspecified atom stereocenters. The molecular weight excluding hydrogens is 342 g/mol. The minimum absolute atomic E-state index is 0.0397. The number of anilines is 1. The highest BCUT2D eigenvalue weighted by molar-refractivity contribution is 7.80. The topological polar surface area (TPSA) is 101 Å². The van der Waals surface area contributed by atoms with Gasteiger partial charge in [0.2, 0.25) is 5.88 Å². The van der Waals surface area contributed by atoms with E-state index in [0.717, 1.165) is 14.8 Å². The summed E-state index contributed by atoms with van der Waals surface area (Å²) >= 11 is 5.16. The number of benzene rings is 1. The van der Waals surface area contributed by atoms with Crippen molar-refractivity contribution >= 4 is 28.7 Å². The molecule has 0 fully saturated rings. The van der Waals surface area contributed by atoms with Gasteiger partial charge in [0.25, 0.3) is 5.56 Å². The molecule has 9 heteroatoms. The van der Waals surface area contributed by atoms with Crippen molar-refractivity contribution in [2.45, 2.75) is 13.3 Å². The van der Waals surface area contributed by atoms with E-state index < -0.39 is 17.1 Å². The van der Waals surface area contributed by atoms with Crippen molar-refractivity contribution in [2.75, 3.05) is 5.32 Å². The first kappa shape index (κ1) is 18.4. The second-order valence-corrected chi connectivity index (χ2v) is 5.66. The third kappa shape index (κ3) is 3.94. The van der Waals surface area contributed by atoms with E-state index in [1.54, 1.807) is 6.92 Å². The number of aromatic nitrogens is 2. The summed E-state index contributed by atoms with van der Waals surface area (Å²) in [6, 6.07) is 9.28. The van der Waals surface area contributed by atoms with Gasteiger partial charge in [0.1, 0.15) is 5.56 Å². The van der Waals surface area contributed by atoms with E-state index in [2.05, 4.69) is 15.8 Å². The molecule has 0 radical (unpaired) electrons. The largest absolute Gasteiger partial charge is 0.494 e. The summed E-state index contributed by atoms with van der Waals surface area (Å²) in [5, 5.41) is 17.5. The van der Waals surface area contributed by atoms with Gasteiger partial charge >= 0.3 is 5.69 Å². The number of nitrogens with zero attached hydrogens (tertiary/aromatic N) is 3. The molecule has 8 nitrogen and oxygen atoms in total. The SMILES string of the molecule is CCC(=NNC(=S)Nc1ccccc1)c1c(O)n(C)c(=O)n(C)c1=O. The van der Waals surface area contributed by atoms with Crippen LogP contribution in [0.4, 0.5) is 5.69 Å². The minimum Gasteiger partial charge on any atom is -0.494 e. The summed E-state index contributed by atoms with van der Waals surface area (Å²) in [6.45, 7) is 1.78. The van der Waals surface area contributed by atoms with Crippen LogP contribution in [-0.4, -0.2) is 25.1 Å². The monoisotopic (exact) mass is 361 g/mol. The normalized spacial score (nSPS) is 11.2. The predicted molar refractivity (Wildman–Crippen MR) is 101 cm³/mol. The predicted octanol–water partition coefficient (Wildman–Crippen LogP) is 0.890. The maximum absolute atomic E-state index is 12.3. The summed E-state index contributed by atoms with van der Waals surface area (Å²) in [5.41, 5.74) is 2.44. The molecule has 2 rings (SSSR count). The van der Waals surface area contributed by atoms with Gasteiger partial charge < -0.3 is 10.4 Å². The molecule has 0 aliphatic carbocycles. The van der Waals surface area contributed by atoms with Crippen LogP contribution in [0.5, 0.6) is 5.88 Å². The summed E-state index contributed by atoms with van der Waals surface area (Å²) in [6.07, 6.45) is 0.349. The number of aromatic hydroxyl groups is 1. The van der Waals surface area contributed by atoms with Gasteiger partial charge in [-0.1, -0.05) is 25.1 Å². The average molecular weight is 361 g/mol. The summed E-state index contributed by atoms with van der Waals surface area (Å²) in [4.78, 5) is 24.2. The van der Waals surface area contributed by atoms with Crippen LogP contribution in [0.3, 0.4) is 0 Å². The first-order valence-corrected chi connectivity index (χ1v) is 7.95. The molecule has 0 saturated heterocycles. The first-order chi connectivity index (χ1) is 11.9. The molecule has 1 aromatic heterocycles. The van der Waals surface area contributed by atoms with Crippen LogP contribution in [0.25, 0.3) is 0 Å². The van der Waals surface area contributed by atoms with Crippen LogP contribution < -0.4 is 22.0 Å². The zero-order chi connectivity index (χ0) is 18.6. The lowest BCUT2D eigenvalue weighted by Crippen LogP contribution is -2.40. The smallest absolute Gasteiger partial charge is 0.333 e. The van der Waals surface area contributed by atoms with Crippen molar-refractivity contribution in [2.24, 2.45) is 19.2 Å². The third-order valence-corrected chi connectivity index (χ3v) is 3.77. The van der Waals surface area contributed by atoms with Gasteiger partial charge in [-0.3, -0.25) is 19.4 Å². The number of rotatable bonds is 4. The van der Waals surface area contributed by atoms with Crippen LogP contribution in [0.2, 0.25) is 0 Å². The molecule has 3 N–H and O–H groups in total. The number of hydrogen-bond acceptors (Lipinski definition) is 5. The van der Waals surface area contributed by atoms with Crippen molar-refractivity contribution < 1.29 is 5.11 Å². The van der Waals surface area contributed by atoms with E-state index in [1.165, 1.54) is 14.1 Å². The second-order valence-electron chi connectivity index (χ2n) is 5.25. The van der Waals surface area contributed by atoms with Crippen molar-refractivity contribution in [3.8, 4) is 5.88 Å². The molecule has 0 spiro atoms. The van der Waals surface area contributed by atoms with Crippen LogP contribution in [-0.2, 0) is 14.1 Å². The van der Waals surface area contributed by atoms with Gasteiger partial charge in [-0.2, -0.15) is 5.10 Å². The minimum atomic E-state index is -0.620. The molecule has 25 heavy (non-hydrogen) atoms. The highest BCUT2D eigenvalue weighted by Crippen LogP contribution is 2.12. The van der Waals surface area contributed by atoms with Gasteiger partial charge in [-0.15, -0.1) is 0 Å². The Bertz CT molecular complexity index is 931. The van der Waals surface area contributed by atoms with Crippen molar-refractivity contribution in [1.29, 1.82) is 0 Å². The molecule has 0 bridgehead atoms. The number of hydrazone groups is 1. The second kappa shape index (κ2) is 7.75. The zero-order valence-corrected chi connectivity index (χ0v) is 14.9. The van der Waals surface area contributed by atoms with Gasteiger partial charge in [0, 0.05) is 19.8 Å². The van der Waals surface area contributed by atoms with Gasteiger partial charge in [0.15, 0.2) is 5.11 Å². The summed E-state index contributed by atoms with van der Waals surface area (Å²) < 4.78 is 1.91. The maximum Gasteiger partial charge on any atom is 0.333 e. The van der Waals surface area contributed by atoms with E-state index in [9.17, 15) is 14.7 Å². The number of para-hydroxylation sites is 1. The summed E-state index contributed by atoms with van der Waals surface area (Å²) in [5.74, 6) is -0.433. The van der Waals surface area contributed by atoms with E-state index >= 15 is 0 Å². The standard InChI is InChI=1S/C16H19N5O3S/c1-4-11(12-13(22)20(2)16(24)21(3)14(12)23)18-19-15(25)17-10-8-6-5-7-9-10/h5-9,22H,4H2,1-3H3,(H2,17,19,25).